The predicted octanol–water partition coefficient (Wildman–Crippen LogP) is 3.36. The van der Waals surface area contributed by atoms with Crippen LogP contribution in [0, 0.1) is 5.41 Å². The summed E-state index contributed by atoms with van der Waals surface area (Å²) in [6.07, 6.45) is 8.41. The van der Waals surface area contributed by atoms with Crippen LogP contribution in [0.5, 0.6) is 0 Å². The molecule has 0 radical (unpaired) electrons. The van der Waals surface area contributed by atoms with E-state index in [0.29, 0.717) is 17.7 Å². The molecule has 0 aromatic carbocycles. The molecule has 0 bridgehead atoms. The van der Waals surface area contributed by atoms with Crippen LogP contribution < -0.4 is 0 Å². The zero-order valence-electron chi connectivity index (χ0n) is 14.1. The quantitative estimate of drug-likeness (QED) is 0.835. The zero-order chi connectivity index (χ0) is 16.0. The van der Waals surface area contributed by atoms with Crippen LogP contribution in [-0.2, 0) is 4.74 Å². The molecule has 1 aromatic rings. The van der Waals surface area contributed by atoms with Crippen molar-refractivity contribution in [1.82, 2.24) is 10.1 Å². The molecule has 1 spiro atoms. The smallest absolute Gasteiger partial charge is 0.276 e. The number of amides is 1. The molecule has 3 aliphatic rings. The Bertz CT molecular complexity index is 587. The van der Waals surface area contributed by atoms with Crippen molar-refractivity contribution >= 4 is 5.91 Å². The minimum atomic E-state index is -0.00752. The van der Waals surface area contributed by atoms with Crippen molar-refractivity contribution in [2.75, 3.05) is 13.7 Å². The fourth-order valence-electron chi connectivity index (χ4n) is 4.67. The fraction of sp³-hybridized carbons (Fsp3) is 0.778. The van der Waals surface area contributed by atoms with E-state index >= 15 is 0 Å². The summed E-state index contributed by atoms with van der Waals surface area (Å²) < 4.78 is 11.3. The first kappa shape index (κ1) is 15.2. The molecule has 3 aliphatic carbocycles. The van der Waals surface area contributed by atoms with Crippen molar-refractivity contribution in [3.05, 3.63) is 17.5 Å². The van der Waals surface area contributed by atoms with Crippen LogP contribution in [0.2, 0.25) is 0 Å². The number of aromatic nitrogens is 1. The summed E-state index contributed by atoms with van der Waals surface area (Å²) in [4.78, 5) is 14.7. The maximum Gasteiger partial charge on any atom is 0.276 e. The molecule has 1 aromatic heterocycles. The van der Waals surface area contributed by atoms with Gasteiger partial charge in [-0.05, 0) is 39.0 Å². The number of carbonyl (C=O) groups excluding carboxylic acids is 1. The average Bonchev–Trinajstić information content (AvgIpc) is 3.07. The maximum atomic E-state index is 12.8. The Hall–Kier alpha value is -1.36. The van der Waals surface area contributed by atoms with Crippen LogP contribution in [0.15, 0.2) is 10.6 Å². The van der Waals surface area contributed by atoms with Gasteiger partial charge in [-0.25, -0.2) is 0 Å². The largest absolute Gasteiger partial charge is 0.378 e. The van der Waals surface area contributed by atoms with Crippen LogP contribution in [0.1, 0.15) is 74.0 Å². The molecule has 3 fully saturated rings. The van der Waals surface area contributed by atoms with Crippen molar-refractivity contribution in [2.45, 2.75) is 69.9 Å². The van der Waals surface area contributed by atoms with E-state index in [9.17, 15) is 4.79 Å². The highest BCUT2D eigenvalue weighted by Gasteiger charge is 2.59. The highest BCUT2D eigenvalue weighted by atomic mass is 16.5. The summed E-state index contributed by atoms with van der Waals surface area (Å²) in [5.74, 6) is 1.35. The second kappa shape index (κ2) is 5.62. The number of nitrogens with zero attached hydrogens (tertiary/aromatic N) is 2. The molecule has 5 heteroatoms. The molecule has 0 N–H and O–H groups in total. The van der Waals surface area contributed by atoms with Crippen LogP contribution in [0.3, 0.4) is 0 Å². The summed E-state index contributed by atoms with van der Waals surface area (Å²) in [7, 11) is 1.92. The minimum absolute atomic E-state index is 0.00752. The van der Waals surface area contributed by atoms with Gasteiger partial charge >= 0.3 is 0 Å². The molecule has 1 amide bonds. The SMILES string of the molecule is CCO[C@@H]1C[C@@H](N(C)C(=O)c2cc(C3CC3)on2)C12CCCC2. The highest BCUT2D eigenvalue weighted by molar-refractivity contribution is 5.92. The minimum Gasteiger partial charge on any atom is -0.378 e. The van der Waals surface area contributed by atoms with Crippen molar-refractivity contribution < 1.29 is 14.1 Å². The molecule has 1 heterocycles. The van der Waals surface area contributed by atoms with Gasteiger partial charge in [0.25, 0.3) is 5.91 Å². The van der Waals surface area contributed by atoms with E-state index in [4.69, 9.17) is 9.26 Å². The zero-order valence-corrected chi connectivity index (χ0v) is 14.1. The topological polar surface area (TPSA) is 55.6 Å². The van der Waals surface area contributed by atoms with E-state index in [1.54, 1.807) is 0 Å². The second-order valence-corrected chi connectivity index (χ2v) is 7.44. The molecule has 0 saturated heterocycles. The molecule has 5 nitrogen and oxygen atoms in total. The van der Waals surface area contributed by atoms with Gasteiger partial charge in [0, 0.05) is 37.1 Å². The lowest BCUT2D eigenvalue weighted by Gasteiger charge is -2.56. The molecule has 4 rings (SSSR count). The van der Waals surface area contributed by atoms with Gasteiger partial charge in [0.05, 0.1) is 6.10 Å². The van der Waals surface area contributed by atoms with Gasteiger partial charge in [0.15, 0.2) is 5.69 Å². The molecule has 0 unspecified atom stereocenters. The van der Waals surface area contributed by atoms with Gasteiger partial charge in [-0.3, -0.25) is 4.79 Å². The Balaban J connectivity index is 1.49. The number of ether oxygens (including phenoxy) is 1. The number of hydrogen-bond donors (Lipinski definition) is 0. The van der Waals surface area contributed by atoms with Crippen LogP contribution in [0.4, 0.5) is 0 Å². The standard InChI is InChI=1S/C18H26N2O3/c1-3-22-16-11-15(18(16)8-4-5-9-18)20(2)17(21)13-10-14(23-19-13)12-6-7-12/h10,12,15-16H,3-9,11H2,1-2H3/t15-,16-/m1/s1. The molecule has 23 heavy (non-hydrogen) atoms. The number of carbonyl (C=O) groups is 1. The average molecular weight is 318 g/mol. The van der Waals surface area contributed by atoms with E-state index in [-0.39, 0.29) is 17.4 Å². The Labute approximate surface area is 137 Å². The lowest BCUT2D eigenvalue weighted by molar-refractivity contribution is -0.152. The van der Waals surface area contributed by atoms with Crippen molar-refractivity contribution in [3.8, 4) is 0 Å². The summed E-state index contributed by atoms with van der Waals surface area (Å²) in [6.45, 7) is 2.81. The molecule has 2 atom stereocenters. The van der Waals surface area contributed by atoms with Gasteiger partial charge in [-0.1, -0.05) is 18.0 Å². The van der Waals surface area contributed by atoms with Crippen LogP contribution in [0.25, 0.3) is 0 Å². The first-order valence-corrected chi connectivity index (χ1v) is 9.01. The monoisotopic (exact) mass is 318 g/mol. The normalized spacial score (nSPS) is 28.8. The first-order valence-electron chi connectivity index (χ1n) is 9.01. The third-order valence-corrected chi connectivity index (χ3v) is 6.16. The third kappa shape index (κ3) is 2.40. The van der Waals surface area contributed by atoms with Crippen molar-refractivity contribution in [3.63, 3.8) is 0 Å². The van der Waals surface area contributed by atoms with Crippen LogP contribution >= 0.6 is 0 Å². The molecular weight excluding hydrogens is 292 g/mol. The summed E-state index contributed by atoms with van der Waals surface area (Å²) >= 11 is 0. The fourth-order valence-corrected chi connectivity index (χ4v) is 4.67. The second-order valence-electron chi connectivity index (χ2n) is 7.44. The maximum absolute atomic E-state index is 12.8. The van der Waals surface area contributed by atoms with Crippen molar-refractivity contribution in [2.24, 2.45) is 5.41 Å². The summed E-state index contributed by atoms with van der Waals surface area (Å²) in [5.41, 5.74) is 0.631. The molecule has 0 aliphatic heterocycles. The molecule has 126 valence electrons. The van der Waals surface area contributed by atoms with E-state index in [2.05, 4.69) is 12.1 Å². The molecule has 3 saturated carbocycles. The van der Waals surface area contributed by atoms with E-state index < -0.39 is 0 Å². The summed E-state index contributed by atoms with van der Waals surface area (Å²) in [6, 6.07) is 2.12. The van der Waals surface area contributed by atoms with Gasteiger partial charge in [0.2, 0.25) is 0 Å². The summed E-state index contributed by atoms with van der Waals surface area (Å²) in [5, 5.41) is 4.01. The van der Waals surface area contributed by atoms with Crippen LogP contribution in [-0.4, -0.2) is 41.8 Å². The lowest BCUT2D eigenvalue weighted by atomic mass is 9.60. The number of hydrogen-bond acceptors (Lipinski definition) is 4. The van der Waals surface area contributed by atoms with Gasteiger partial charge in [-0.2, -0.15) is 0 Å². The van der Waals surface area contributed by atoms with E-state index in [1.807, 2.05) is 18.0 Å². The van der Waals surface area contributed by atoms with Gasteiger partial charge < -0.3 is 14.2 Å². The first-order chi connectivity index (χ1) is 11.2. The lowest BCUT2D eigenvalue weighted by Crippen LogP contribution is -2.64. The van der Waals surface area contributed by atoms with E-state index in [0.717, 1.165) is 31.6 Å². The van der Waals surface area contributed by atoms with Gasteiger partial charge in [-0.15, -0.1) is 0 Å². The predicted molar refractivity (Wildman–Crippen MR) is 85.3 cm³/mol. The molecular formula is C18H26N2O3. The van der Waals surface area contributed by atoms with Gasteiger partial charge in [0.1, 0.15) is 5.76 Å². The Kier molecular flexibility index (Phi) is 3.71. The highest BCUT2D eigenvalue weighted by Crippen LogP contribution is 2.56. The Morgan fingerprint density at radius 1 is 1.43 bits per heavy atom. The number of rotatable bonds is 5. The third-order valence-electron chi connectivity index (χ3n) is 6.16. The Morgan fingerprint density at radius 2 is 2.17 bits per heavy atom. The van der Waals surface area contributed by atoms with E-state index in [1.165, 1.54) is 25.7 Å². The Morgan fingerprint density at radius 3 is 2.83 bits per heavy atom. The van der Waals surface area contributed by atoms with Crippen molar-refractivity contribution in [1.29, 1.82) is 0 Å².